The van der Waals surface area contributed by atoms with Crippen LogP contribution in [0.15, 0.2) is 57.7 Å². The van der Waals surface area contributed by atoms with Gasteiger partial charge in [0.05, 0.1) is 11.9 Å². The number of hydrogen-bond donors (Lipinski definition) is 0. The molecule has 0 saturated carbocycles. The van der Waals surface area contributed by atoms with Crippen molar-refractivity contribution in [2.45, 2.75) is 19.9 Å². The average Bonchev–Trinajstić information content (AvgIpc) is 2.93. The molecule has 6 heteroatoms. The zero-order chi connectivity index (χ0) is 17.6. The third-order valence-electron chi connectivity index (χ3n) is 3.81. The molecule has 0 amide bonds. The summed E-state index contributed by atoms with van der Waals surface area (Å²) in [4.78, 5) is 23.7. The summed E-state index contributed by atoms with van der Waals surface area (Å²) >= 11 is 0. The van der Waals surface area contributed by atoms with Gasteiger partial charge in [-0.2, -0.15) is 0 Å². The lowest BCUT2D eigenvalue weighted by atomic mass is 10.2. The summed E-state index contributed by atoms with van der Waals surface area (Å²) in [5.74, 6) is -0.0857. The Morgan fingerprint density at radius 2 is 1.84 bits per heavy atom. The molecule has 0 fully saturated rings. The van der Waals surface area contributed by atoms with E-state index in [4.69, 9.17) is 13.9 Å². The molecule has 0 unspecified atom stereocenters. The summed E-state index contributed by atoms with van der Waals surface area (Å²) in [5, 5.41) is 0. The maximum Gasteiger partial charge on any atom is 0.419 e. The van der Waals surface area contributed by atoms with Crippen LogP contribution in [0.5, 0.6) is 5.75 Å². The van der Waals surface area contributed by atoms with Gasteiger partial charge in [0.15, 0.2) is 5.58 Å². The predicted octanol–water partition coefficient (Wildman–Crippen LogP) is 2.92. The first-order valence-corrected chi connectivity index (χ1v) is 8.07. The van der Waals surface area contributed by atoms with Crippen molar-refractivity contribution in [3.8, 4) is 5.75 Å². The van der Waals surface area contributed by atoms with Crippen LogP contribution in [0.25, 0.3) is 11.1 Å². The molecule has 0 radical (unpaired) electrons. The Morgan fingerprint density at radius 1 is 1.08 bits per heavy atom. The number of rotatable bonds is 7. The monoisotopic (exact) mass is 341 g/mol. The lowest BCUT2D eigenvalue weighted by Gasteiger charge is -2.09. The maximum absolute atomic E-state index is 11.8. The van der Waals surface area contributed by atoms with Gasteiger partial charge in [0.2, 0.25) is 0 Å². The molecule has 130 valence electrons. The zero-order valence-corrected chi connectivity index (χ0v) is 13.9. The molecule has 25 heavy (non-hydrogen) atoms. The molecule has 2 aromatic carbocycles. The van der Waals surface area contributed by atoms with E-state index in [1.165, 1.54) is 4.57 Å². The normalized spacial score (nSPS) is 10.8. The lowest BCUT2D eigenvalue weighted by molar-refractivity contribution is -0.144. The molecule has 3 aromatic rings. The number of esters is 1. The Bertz CT molecular complexity index is 925. The van der Waals surface area contributed by atoms with Crippen molar-refractivity contribution < 1.29 is 18.7 Å². The summed E-state index contributed by atoms with van der Waals surface area (Å²) in [5.41, 5.74) is 2.20. The number of fused-ring (bicyclic) bond motifs is 1. The van der Waals surface area contributed by atoms with E-state index in [0.717, 1.165) is 11.3 Å². The summed E-state index contributed by atoms with van der Waals surface area (Å²) in [6.45, 7) is 2.61. The first kappa shape index (κ1) is 16.8. The minimum Gasteiger partial charge on any atom is -0.490 e. The van der Waals surface area contributed by atoms with Crippen LogP contribution in [0, 0.1) is 6.92 Å². The molecule has 1 heterocycles. The molecule has 0 saturated heterocycles. The third kappa shape index (κ3) is 4.09. The fraction of sp³-hybridized carbons (Fsp3) is 0.263. The van der Waals surface area contributed by atoms with Gasteiger partial charge < -0.3 is 13.9 Å². The highest BCUT2D eigenvalue weighted by Gasteiger charge is 2.11. The predicted molar refractivity (Wildman–Crippen MR) is 92.7 cm³/mol. The van der Waals surface area contributed by atoms with Crippen molar-refractivity contribution in [2.24, 2.45) is 0 Å². The Kier molecular flexibility index (Phi) is 5.18. The molecular formula is C19H19NO5. The number of para-hydroxylation sites is 3. The summed E-state index contributed by atoms with van der Waals surface area (Å²) in [7, 11) is 0. The van der Waals surface area contributed by atoms with Crippen molar-refractivity contribution >= 4 is 17.1 Å². The van der Waals surface area contributed by atoms with E-state index < -0.39 is 5.76 Å². The SMILES string of the molecule is Cc1ccccc1OCCOC(=O)CCn1c(=O)oc2ccccc21. The quantitative estimate of drug-likeness (QED) is 0.488. The molecule has 0 aliphatic rings. The number of oxazole rings is 1. The van der Waals surface area contributed by atoms with E-state index in [0.29, 0.717) is 11.1 Å². The Morgan fingerprint density at radius 3 is 2.68 bits per heavy atom. The van der Waals surface area contributed by atoms with Crippen molar-refractivity contribution in [3.05, 3.63) is 64.6 Å². The number of hydrogen-bond acceptors (Lipinski definition) is 5. The molecule has 0 aliphatic heterocycles. The van der Waals surface area contributed by atoms with E-state index in [1.807, 2.05) is 37.3 Å². The van der Waals surface area contributed by atoms with Gasteiger partial charge in [-0.15, -0.1) is 0 Å². The molecule has 3 rings (SSSR count). The number of carbonyl (C=O) groups excluding carboxylic acids is 1. The first-order chi connectivity index (χ1) is 12.1. The number of benzene rings is 2. The molecule has 1 aromatic heterocycles. The number of ether oxygens (including phenoxy) is 2. The second-order valence-electron chi connectivity index (χ2n) is 5.57. The van der Waals surface area contributed by atoms with Crippen LogP contribution in [-0.4, -0.2) is 23.8 Å². The fourth-order valence-electron chi connectivity index (χ4n) is 2.53. The smallest absolute Gasteiger partial charge is 0.419 e. The standard InChI is InChI=1S/C19H19NO5/c1-14-6-2-4-8-16(14)23-12-13-24-18(21)10-11-20-15-7-3-5-9-17(15)25-19(20)22/h2-9H,10-13H2,1H3. The molecule has 0 bridgehead atoms. The molecule has 0 aliphatic carbocycles. The van der Waals surface area contributed by atoms with Gasteiger partial charge in [0, 0.05) is 6.54 Å². The largest absolute Gasteiger partial charge is 0.490 e. The number of aromatic nitrogens is 1. The minimum atomic E-state index is -0.475. The van der Waals surface area contributed by atoms with E-state index in [2.05, 4.69) is 0 Å². The van der Waals surface area contributed by atoms with Crippen LogP contribution in [0.1, 0.15) is 12.0 Å². The Hall–Kier alpha value is -3.02. The van der Waals surface area contributed by atoms with E-state index in [9.17, 15) is 9.59 Å². The van der Waals surface area contributed by atoms with Crippen LogP contribution in [0.4, 0.5) is 0 Å². The molecular weight excluding hydrogens is 322 g/mol. The topological polar surface area (TPSA) is 70.7 Å². The summed E-state index contributed by atoms with van der Waals surface area (Å²) < 4.78 is 17.3. The van der Waals surface area contributed by atoms with Gasteiger partial charge in [-0.05, 0) is 30.7 Å². The lowest BCUT2D eigenvalue weighted by Crippen LogP contribution is -2.19. The zero-order valence-electron chi connectivity index (χ0n) is 13.9. The van der Waals surface area contributed by atoms with Gasteiger partial charge >= 0.3 is 11.7 Å². The van der Waals surface area contributed by atoms with Crippen LogP contribution in [0.3, 0.4) is 0 Å². The summed E-state index contributed by atoms with van der Waals surface area (Å²) in [6, 6.07) is 14.7. The molecule has 0 atom stereocenters. The average molecular weight is 341 g/mol. The molecule has 0 spiro atoms. The van der Waals surface area contributed by atoms with Crippen LogP contribution in [-0.2, 0) is 16.1 Å². The van der Waals surface area contributed by atoms with E-state index in [-0.39, 0.29) is 32.1 Å². The summed E-state index contributed by atoms with van der Waals surface area (Å²) in [6.07, 6.45) is 0.0911. The van der Waals surface area contributed by atoms with E-state index >= 15 is 0 Å². The number of aryl methyl sites for hydroxylation is 2. The van der Waals surface area contributed by atoms with Gasteiger partial charge in [-0.25, -0.2) is 4.79 Å². The van der Waals surface area contributed by atoms with E-state index in [1.54, 1.807) is 18.2 Å². The highest BCUT2D eigenvalue weighted by Crippen LogP contribution is 2.16. The van der Waals surface area contributed by atoms with Crippen LogP contribution in [0.2, 0.25) is 0 Å². The highest BCUT2D eigenvalue weighted by molar-refractivity contribution is 5.73. The number of nitrogens with zero attached hydrogens (tertiary/aromatic N) is 1. The van der Waals surface area contributed by atoms with Crippen LogP contribution < -0.4 is 10.5 Å². The molecule has 0 N–H and O–H groups in total. The van der Waals surface area contributed by atoms with Gasteiger partial charge in [-0.3, -0.25) is 9.36 Å². The van der Waals surface area contributed by atoms with Crippen molar-refractivity contribution in [1.29, 1.82) is 0 Å². The van der Waals surface area contributed by atoms with Gasteiger partial charge in [0.25, 0.3) is 0 Å². The second-order valence-corrected chi connectivity index (χ2v) is 5.57. The third-order valence-corrected chi connectivity index (χ3v) is 3.81. The fourth-order valence-corrected chi connectivity index (χ4v) is 2.53. The Labute approximate surface area is 144 Å². The number of carbonyl (C=O) groups is 1. The minimum absolute atomic E-state index is 0.0911. The van der Waals surface area contributed by atoms with Crippen molar-refractivity contribution in [2.75, 3.05) is 13.2 Å². The highest BCUT2D eigenvalue weighted by atomic mass is 16.6. The second kappa shape index (κ2) is 7.70. The Balaban J connectivity index is 1.46. The van der Waals surface area contributed by atoms with Gasteiger partial charge in [0.1, 0.15) is 19.0 Å². The molecule has 6 nitrogen and oxygen atoms in total. The van der Waals surface area contributed by atoms with Crippen molar-refractivity contribution in [3.63, 3.8) is 0 Å². The van der Waals surface area contributed by atoms with Gasteiger partial charge in [-0.1, -0.05) is 30.3 Å². The maximum atomic E-state index is 11.8. The van der Waals surface area contributed by atoms with Crippen molar-refractivity contribution in [1.82, 2.24) is 4.57 Å². The first-order valence-electron chi connectivity index (χ1n) is 8.07. The van der Waals surface area contributed by atoms with Crippen LogP contribution >= 0.6 is 0 Å².